The lowest BCUT2D eigenvalue weighted by molar-refractivity contribution is 0.0906. The van der Waals surface area contributed by atoms with Gasteiger partial charge in [-0.15, -0.1) is 0 Å². The topological polar surface area (TPSA) is 79.6 Å². The minimum atomic E-state index is -3.62. The third-order valence-corrected chi connectivity index (χ3v) is 9.46. The third kappa shape index (κ3) is 4.16. The van der Waals surface area contributed by atoms with Crippen LogP contribution in [-0.2, 0) is 16.4 Å². The van der Waals surface area contributed by atoms with E-state index in [9.17, 15) is 13.2 Å². The molecule has 0 aliphatic heterocycles. The number of fused-ring (bicyclic) bond motifs is 2. The van der Waals surface area contributed by atoms with Crippen LogP contribution in [0.2, 0.25) is 0 Å². The van der Waals surface area contributed by atoms with Gasteiger partial charge in [-0.1, -0.05) is 43.5 Å². The van der Waals surface area contributed by atoms with E-state index in [1.807, 2.05) is 19.1 Å². The molecule has 1 atom stereocenters. The summed E-state index contributed by atoms with van der Waals surface area (Å²) < 4.78 is 34.1. The summed E-state index contributed by atoms with van der Waals surface area (Å²) in [6, 6.07) is 13.1. The van der Waals surface area contributed by atoms with Gasteiger partial charge in [0.1, 0.15) is 5.58 Å². The number of benzene rings is 2. The average molecular weight is 481 g/mol. The molecule has 1 fully saturated rings. The van der Waals surface area contributed by atoms with Gasteiger partial charge in [-0.2, -0.15) is 4.31 Å². The summed E-state index contributed by atoms with van der Waals surface area (Å²) >= 11 is 0. The molecule has 0 radical (unpaired) electrons. The maximum absolute atomic E-state index is 13.3. The molecular formula is C27H32N2O4S. The van der Waals surface area contributed by atoms with Gasteiger partial charge in [0, 0.05) is 24.0 Å². The number of sulfonamides is 1. The molecule has 0 unspecified atom stereocenters. The molecule has 2 aliphatic rings. The molecule has 7 heteroatoms. The summed E-state index contributed by atoms with van der Waals surface area (Å²) in [6.07, 6.45) is 8.03. The molecule has 5 rings (SSSR count). The molecule has 34 heavy (non-hydrogen) atoms. The van der Waals surface area contributed by atoms with Crippen LogP contribution in [0.1, 0.15) is 78.2 Å². The lowest BCUT2D eigenvalue weighted by Crippen LogP contribution is -2.38. The Hall–Kier alpha value is -2.64. The molecule has 0 bridgehead atoms. The first-order valence-corrected chi connectivity index (χ1v) is 13.7. The van der Waals surface area contributed by atoms with Crippen molar-refractivity contribution in [3.8, 4) is 0 Å². The highest BCUT2D eigenvalue weighted by atomic mass is 32.2. The SMILES string of the molecule is Cc1c(C(=O)N[C@@H]2CCCc3ccccc32)oc2ccc(S(=O)(=O)N(C)C3CCCCC3)cc12. The van der Waals surface area contributed by atoms with E-state index in [1.54, 1.807) is 25.2 Å². The van der Waals surface area contributed by atoms with Crippen molar-refractivity contribution in [2.75, 3.05) is 7.05 Å². The van der Waals surface area contributed by atoms with Crippen molar-refractivity contribution in [2.45, 2.75) is 75.3 Å². The standard InChI is InChI=1S/C27H32N2O4S/c1-18-23-17-21(34(31,32)29(2)20-11-4-3-5-12-20)15-16-25(23)33-26(18)27(30)28-24-14-8-10-19-9-6-7-13-22(19)24/h6-7,9,13,15-17,20,24H,3-5,8,10-12,14H2,1-2H3,(H,28,30)/t24-/m1/s1. The largest absolute Gasteiger partial charge is 0.451 e. The highest BCUT2D eigenvalue weighted by molar-refractivity contribution is 7.89. The number of carbonyl (C=O) groups excluding carboxylic acids is 1. The lowest BCUT2D eigenvalue weighted by Gasteiger charge is -2.30. The van der Waals surface area contributed by atoms with Gasteiger partial charge >= 0.3 is 0 Å². The molecule has 1 N–H and O–H groups in total. The fourth-order valence-corrected chi connectivity index (χ4v) is 6.95. The highest BCUT2D eigenvalue weighted by Gasteiger charge is 2.30. The van der Waals surface area contributed by atoms with Gasteiger partial charge in [0.05, 0.1) is 10.9 Å². The quantitative estimate of drug-likeness (QED) is 0.523. The van der Waals surface area contributed by atoms with Crippen LogP contribution in [0.15, 0.2) is 51.8 Å². The van der Waals surface area contributed by atoms with E-state index in [0.717, 1.165) is 50.5 Å². The molecule has 0 saturated heterocycles. The second kappa shape index (κ2) is 9.19. The number of aryl methyl sites for hydroxylation is 2. The van der Waals surface area contributed by atoms with E-state index < -0.39 is 10.0 Å². The summed E-state index contributed by atoms with van der Waals surface area (Å²) in [5.41, 5.74) is 3.62. The molecular weight excluding hydrogens is 448 g/mol. The predicted molar refractivity (Wildman–Crippen MR) is 132 cm³/mol. The monoisotopic (exact) mass is 480 g/mol. The summed E-state index contributed by atoms with van der Waals surface area (Å²) in [5, 5.41) is 3.80. The minimum Gasteiger partial charge on any atom is -0.451 e. The van der Waals surface area contributed by atoms with Gasteiger partial charge in [0.2, 0.25) is 10.0 Å². The van der Waals surface area contributed by atoms with Crippen LogP contribution in [0.4, 0.5) is 0 Å². The number of rotatable bonds is 5. The third-order valence-electron chi connectivity index (χ3n) is 7.55. The summed E-state index contributed by atoms with van der Waals surface area (Å²) in [5.74, 6) is -0.0210. The number of carbonyl (C=O) groups is 1. The number of hydrogen-bond acceptors (Lipinski definition) is 4. The van der Waals surface area contributed by atoms with Crippen molar-refractivity contribution in [2.24, 2.45) is 0 Å². The van der Waals surface area contributed by atoms with E-state index in [0.29, 0.717) is 16.5 Å². The number of furan rings is 1. The Balaban J connectivity index is 1.41. The van der Waals surface area contributed by atoms with E-state index in [1.165, 1.54) is 16.3 Å². The van der Waals surface area contributed by atoms with Crippen molar-refractivity contribution in [3.05, 3.63) is 64.9 Å². The first kappa shape index (κ1) is 23.1. The average Bonchev–Trinajstić information content (AvgIpc) is 3.20. The van der Waals surface area contributed by atoms with E-state index in [-0.39, 0.29) is 28.6 Å². The van der Waals surface area contributed by atoms with Crippen LogP contribution in [0, 0.1) is 6.92 Å². The van der Waals surface area contributed by atoms with Crippen molar-refractivity contribution >= 4 is 26.9 Å². The Morgan fingerprint density at radius 1 is 1.03 bits per heavy atom. The summed E-state index contributed by atoms with van der Waals surface area (Å²) in [4.78, 5) is 13.4. The van der Waals surface area contributed by atoms with Crippen LogP contribution in [0.3, 0.4) is 0 Å². The lowest BCUT2D eigenvalue weighted by atomic mass is 9.87. The molecule has 3 aromatic rings. The van der Waals surface area contributed by atoms with Crippen LogP contribution < -0.4 is 5.32 Å². The Morgan fingerprint density at radius 3 is 2.59 bits per heavy atom. The second-order valence-electron chi connectivity index (χ2n) is 9.64. The van der Waals surface area contributed by atoms with Crippen molar-refractivity contribution in [1.29, 1.82) is 0 Å². The van der Waals surface area contributed by atoms with Gasteiger partial charge in [0.15, 0.2) is 5.76 Å². The predicted octanol–water partition coefficient (Wildman–Crippen LogP) is 5.50. The molecule has 1 heterocycles. The van der Waals surface area contributed by atoms with E-state index in [4.69, 9.17) is 4.42 Å². The Morgan fingerprint density at radius 2 is 1.79 bits per heavy atom. The van der Waals surface area contributed by atoms with Crippen LogP contribution in [-0.4, -0.2) is 31.7 Å². The molecule has 0 spiro atoms. The van der Waals surface area contributed by atoms with Gasteiger partial charge in [-0.25, -0.2) is 8.42 Å². The summed E-state index contributed by atoms with van der Waals surface area (Å²) in [7, 11) is -1.94. The fourth-order valence-electron chi connectivity index (χ4n) is 5.51. The first-order valence-electron chi connectivity index (χ1n) is 12.3. The van der Waals surface area contributed by atoms with Crippen LogP contribution in [0.5, 0.6) is 0 Å². The van der Waals surface area contributed by atoms with Crippen LogP contribution >= 0.6 is 0 Å². The smallest absolute Gasteiger partial charge is 0.287 e. The zero-order valence-corrected chi connectivity index (χ0v) is 20.7. The molecule has 1 saturated carbocycles. The summed E-state index contributed by atoms with van der Waals surface area (Å²) in [6.45, 7) is 1.82. The van der Waals surface area contributed by atoms with Gasteiger partial charge in [-0.05, 0) is 68.4 Å². The Bertz CT molecular complexity index is 1320. The number of hydrogen-bond donors (Lipinski definition) is 1. The zero-order chi connectivity index (χ0) is 23.9. The molecule has 2 aromatic carbocycles. The van der Waals surface area contributed by atoms with Gasteiger partial charge in [-0.3, -0.25) is 4.79 Å². The van der Waals surface area contributed by atoms with Crippen molar-refractivity contribution in [3.63, 3.8) is 0 Å². The van der Waals surface area contributed by atoms with Crippen LogP contribution in [0.25, 0.3) is 11.0 Å². The molecule has 1 amide bonds. The maximum Gasteiger partial charge on any atom is 0.287 e. The molecule has 180 valence electrons. The Kier molecular flexibility index (Phi) is 6.25. The maximum atomic E-state index is 13.3. The normalized spacial score (nSPS) is 19.3. The van der Waals surface area contributed by atoms with E-state index >= 15 is 0 Å². The number of nitrogens with one attached hydrogen (secondary N) is 1. The first-order chi connectivity index (χ1) is 16.4. The molecule has 2 aliphatic carbocycles. The van der Waals surface area contributed by atoms with Crippen molar-refractivity contribution < 1.29 is 17.6 Å². The van der Waals surface area contributed by atoms with Crippen molar-refractivity contribution in [1.82, 2.24) is 9.62 Å². The molecule has 1 aromatic heterocycles. The van der Waals surface area contributed by atoms with Gasteiger partial charge < -0.3 is 9.73 Å². The van der Waals surface area contributed by atoms with E-state index in [2.05, 4.69) is 17.4 Å². The second-order valence-corrected chi connectivity index (χ2v) is 11.6. The molecule has 6 nitrogen and oxygen atoms in total. The fraction of sp³-hybridized carbons (Fsp3) is 0.444. The number of nitrogens with zero attached hydrogens (tertiary/aromatic N) is 1. The Labute approximate surface area is 201 Å². The highest BCUT2D eigenvalue weighted by Crippen LogP contribution is 2.33. The zero-order valence-electron chi connectivity index (χ0n) is 19.8. The minimum absolute atomic E-state index is 0.0413. The number of amides is 1. The van der Waals surface area contributed by atoms with Gasteiger partial charge in [0.25, 0.3) is 5.91 Å².